The van der Waals surface area contributed by atoms with Crippen molar-refractivity contribution in [3.8, 4) is 0 Å². The number of nitrogens with one attached hydrogen (secondary N) is 1. The minimum Gasteiger partial charge on any atom is -0.309 e. The Balaban J connectivity index is 2.03. The summed E-state index contributed by atoms with van der Waals surface area (Å²) in [6, 6.07) is 11.8. The maximum Gasteiger partial charge on any atom is 0.0475 e. The Hall–Kier alpha value is -0.860. The van der Waals surface area contributed by atoms with Gasteiger partial charge in [-0.1, -0.05) is 37.3 Å². The van der Waals surface area contributed by atoms with Crippen molar-refractivity contribution in [2.45, 2.75) is 38.8 Å². The van der Waals surface area contributed by atoms with Gasteiger partial charge in [0.2, 0.25) is 0 Å². The zero-order valence-corrected chi connectivity index (χ0v) is 11.9. The minimum absolute atomic E-state index is 0.431. The summed E-state index contributed by atoms with van der Waals surface area (Å²) in [5.41, 5.74) is 1.40. The maximum absolute atomic E-state index is 3.63. The highest BCUT2D eigenvalue weighted by molar-refractivity contribution is 5.20. The second-order valence-corrected chi connectivity index (χ2v) is 5.57. The van der Waals surface area contributed by atoms with Crippen molar-refractivity contribution in [2.24, 2.45) is 5.92 Å². The molecule has 1 fully saturated rings. The molecule has 1 N–H and O–H groups in total. The van der Waals surface area contributed by atoms with E-state index in [0.29, 0.717) is 12.1 Å². The van der Waals surface area contributed by atoms with Gasteiger partial charge >= 0.3 is 0 Å². The Kier molecular flexibility index (Phi) is 4.79. The summed E-state index contributed by atoms with van der Waals surface area (Å²) in [5.74, 6) is 0.954. The maximum atomic E-state index is 3.63. The molecule has 100 valence electrons. The number of benzene rings is 1. The molecule has 1 aliphatic rings. The molecule has 0 bridgehead atoms. The van der Waals surface area contributed by atoms with E-state index in [1.165, 1.54) is 24.9 Å². The first-order chi connectivity index (χ1) is 8.72. The molecule has 2 unspecified atom stereocenters. The van der Waals surface area contributed by atoms with Gasteiger partial charge in [-0.2, -0.15) is 0 Å². The third-order valence-corrected chi connectivity index (χ3v) is 4.00. The van der Waals surface area contributed by atoms with E-state index >= 15 is 0 Å². The zero-order valence-electron chi connectivity index (χ0n) is 11.9. The lowest BCUT2D eigenvalue weighted by molar-refractivity contribution is 0.201. The van der Waals surface area contributed by atoms with Gasteiger partial charge < -0.3 is 10.2 Å². The van der Waals surface area contributed by atoms with Crippen molar-refractivity contribution < 1.29 is 0 Å². The minimum atomic E-state index is 0.431. The monoisotopic (exact) mass is 246 g/mol. The smallest absolute Gasteiger partial charge is 0.0475 e. The number of hydrogen-bond donors (Lipinski definition) is 1. The third kappa shape index (κ3) is 3.56. The normalized spacial score (nSPS) is 18.9. The van der Waals surface area contributed by atoms with Crippen LogP contribution in [0.2, 0.25) is 0 Å². The summed E-state index contributed by atoms with van der Waals surface area (Å²) in [5, 5.41) is 3.63. The second-order valence-electron chi connectivity index (χ2n) is 5.57. The first kappa shape index (κ1) is 13.6. The van der Waals surface area contributed by atoms with Crippen LogP contribution in [0.1, 0.15) is 38.3 Å². The van der Waals surface area contributed by atoms with Gasteiger partial charge in [-0.25, -0.2) is 0 Å². The molecule has 1 aromatic carbocycles. The summed E-state index contributed by atoms with van der Waals surface area (Å²) in [7, 11) is 2.26. The highest BCUT2D eigenvalue weighted by Gasteiger charge is 2.28. The van der Waals surface area contributed by atoms with Gasteiger partial charge in [0.05, 0.1) is 0 Å². The fraction of sp³-hybridized carbons (Fsp3) is 0.625. The molecule has 1 saturated carbocycles. The predicted octanol–water partition coefficient (Wildman–Crippen LogP) is 3.07. The van der Waals surface area contributed by atoms with E-state index in [-0.39, 0.29) is 0 Å². The molecule has 0 amide bonds. The van der Waals surface area contributed by atoms with E-state index in [1.807, 2.05) is 0 Å². The highest BCUT2D eigenvalue weighted by Crippen LogP contribution is 2.31. The number of nitrogens with zero attached hydrogens (tertiary/aromatic N) is 1. The molecule has 2 rings (SSSR count). The van der Waals surface area contributed by atoms with Crippen molar-refractivity contribution in [1.82, 2.24) is 10.2 Å². The SMILES string of the molecule is CCNC(c1ccccc1)C(C)N(C)CC1CC1. The van der Waals surface area contributed by atoms with Crippen LogP contribution < -0.4 is 5.32 Å². The lowest BCUT2D eigenvalue weighted by Crippen LogP contribution is -2.41. The molecule has 2 atom stereocenters. The molecule has 0 spiro atoms. The number of rotatable bonds is 7. The van der Waals surface area contributed by atoms with E-state index in [4.69, 9.17) is 0 Å². The molecule has 2 heteroatoms. The van der Waals surface area contributed by atoms with Crippen molar-refractivity contribution >= 4 is 0 Å². The van der Waals surface area contributed by atoms with Gasteiger partial charge in [-0.05, 0) is 44.8 Å². The molecule has 0 radical (unpaired) electrons. The lowest BCUT2D eigenvalue weighted by Gasteiger charge is -2.33. The Morgan fingerprint density at radius 3 is 2.50 bits per heavy atom. The third-order valence-electron chi connectivity index (χ3n) is 4.00. The van der Waals surface area contributed by atoms with Gasteiger partial charge in [-0.15, -0.1) is 0 Å². The number of hydrogen-bond acceptors (Lipinski definition) is 2. The Labute approximate surface area is 111 Å². The van der Waals surface area contributed by atoms with Crippen LogP contribution in [0.25, 0.3) is 0 Å². The first-order valence-corrected chi connectivity index (χ1v) is 7.21. The van der Waals surface area contributed by atoms with Crippen LogP contribution >= 0.6 is 0 Å². The standard InChI is InChI=1S/C16H26N2/c1-4-17-16(15-8-6-5-7-9-15)13(2)18(3)12-14-10-11-14/h5-9,13-14,16-17H,4,10-12H2,1-3H3. The highest BCUT2D eigenvalue weighted by atomic mass is 15.2. The average molecular weight is 246 g/mol. The van der Waals surface area contributed by atoms with Crippen molar-refractivity contribution in [2.75, 3.05) is 20.1 Å². The van der Waals surface area contributed by atoms with Crippen LogP contribution in [0.15, 0.2) is 30.3 Å². The Morgan fingerprint density at radius 2 is 1.94 bits per heavy atom. The molecule has 0 heterocycles. The van der Waals surface area contributed by atoms with E-state index in [2.05, 4.69) is 61.4 Å². The summed E-state index contributed by atoms with van der Waals surface area (Å²) >= 11 is 0. The first-order valence-electron chi connectivity index (χ1n) is 7.21. The molecule has 18 heavy (non-hydrogen) atoms. The Morgan fingerprint density at radius 1 is 1.28 bits per heavy atom. The van der Waals surface area contributed by atoms with Crippen molar-refractivity contribution in [3.63, 3.8) is 0 Å². The molecular weight excluding hydrogens is 220 g/mol. The van der Waals surface area contributed by atoms with Crippen LogP contribution in [-0.2, 0) is 0 Å². The van der Waals surface area contributed by atoms with Crippen LogP contribution in [-0.4, -0.2) is 31.1 Å². The molecular formula is C16H26N2. The fourth-order valence-corrected chi connectivity index (χ4v) is 2.58. The molecule has 0 aliphatic heterocycles. The topological polar surface area (TPSA) is 15.3 Å². The fourth-order valence-electron chi connectivity index (χ4n) is 2.58. The van der Waals surface area contributed by atoms with Crippen LogP contribution in [0.3, 0.4) is 0 Å². The molecule has 1 aromatic rings. The van der Waals surface area contributed by atoms with Crippen molar-refractivity contribution in [1.29, 1.82) is 0 Å². The van der Waals surface area contributed by atoms with Gasteiger partial charge in [0.25, 0.3) is 0 Å². The van der Waals surface area contributed by atoms with Gasteiger partial charge in [-0.3, -0.25) is 0 Å². The Bertz CT molecular complexity index is 345. The molecule has 0 aromatic heterocycles. The largest absolute Gasteiger partial charge is 0.309 e. The molecule has 2 nitrogen and oxygen atoms in total. The van der Waals surface area contributed by atoms with Gasteiger partial charge in [0.15, 0.2) is 0 Å². The van der Waals surface area contributed by atoms with Crippen LogP contribution in [0.4, 0.5) is 0 Å². The quantitative estimate of drug-likeness (QED) is 0.795. The average Bonchev–Trinajstić information content (AvgIpc) is 3.20. The summed E-state index contributed by atoms with van der Waals surface area (Å²) < 4.78 is 0. The van der Waals surface area contributed by atoms with Crippen molar-refractivity contribution in [3.05, 3.63) is 35.9 Å². The van der Waals surface area contributed by atoms with Gasteiger partial charge in [0, 0.05) is 18.6 Å². The van der Waals surface area contributed by atoms with Crippen LogP contribution in [0, 0.1) is 5.92 Å². The molecule has 1 aliphatic carbocycles. The summed E-state index contributed by atoms with van der Waals surface area (Å²) in [4.78, 5) is 2.51. The van der Waals surface area contributed by atoms with Crippen LogP contribution in [0.5, 0.6) is 0 Å². The lowest BCUT2D eigenvalue weighted by atomic mass is 9.99. The van der Waals surface area contributed by atoms with E-state index in [0.717, 1.165) is 12.5 Å². The van der Waals surface area contributed by atoms with E-state index < -0.39 is 0 Å². The van der Waals surface area contributed by atoms with E-state index in [1.54, 1.807) is 0 Å². The second kappa shape index (κ2) is 6.35. The predicted molar refractivity (Wildman–Crippen MR) is 77.7 cm³/mol. The van der Waals surface area contributed by atoms with Gasteiger partial charge in [0.1, 0.15) is 0 Å². The number of likely N-dealkylation sites (N-methyl/N-ethyl adjacent to an activating group) is 2. The zero-order chi connectivity index (χ0) is 13.0. The molecule has 0 saturated heterocycles. The van der Waals surface area contributed by atoms with E-state index in [9.17, 15) is 0 Å². The summed E-state index contributed by atoms with van der Waals surface area (Å²) in [6.45, 7) is 6.78. The summed E-state index contributed by atoms with van der Waals surface area (Å²) in [6.07, 6.45) is 2.85.